The van der Waals surface area contributed by atoms with Crippen molar-refractivity contribution in [1.82, 2.24) is 0 Å². The van der Waals surface area contributed by atoms with Crippen molar-refractivity contribution in [2.45, 2.75) is 32.8 Å². The monoisotopic (exact) mass is 316 g/mol. The van der Waals surface area contributed by atoms with E-state index in [1.807, 2.05) is 25.3 Å². The van der Waals surface area contributed by atoms with Crippen LogP contribution in [-0.4, -0.2) is 22.5 Å². The Bertz CT molecular complexity index is 776. The molecule has 2 aromatic rings. The maximum atomic E-state index is 12.6. The molecule has 1 aliphatic heterocycles. The molecule has 1 aromatic carbocycles. The lowest BCUT2D eigenvalue weighted by Gasteiger charge is -2.18. The van der Waals surface area contributed by atoms with Crippen molar-refractivity contribution < 1.29 is 19.4 Å². The molecule has 5 heteroatoms. The molecule has 0 spiro atoms. The second kappa shape index (κ2) is 4.95. The van der Waals surface area contributed by atoms with Crippen molar-refractivity contribution in [3.63, 3.8) is 0 Å². The zero-order chi connectivity index (χ0) is 16.1. The molecule has 2 heterocycles. The first-order valence-corrected chi connectivity index (χ1v) is 7.85. The number of ketones is 1. The highest BCUT2D eigenvalue weighted by atomic mass is 32.1. The van der Waals surface area contributed by atoms with Crippen LogP contribution in [0.3, 0.4) is 0 Å². The summed E-state index contributed by atoms with van der Waals surface area (Å²) in [6.45, 7) is 5.30. The second-order valence-corrected chi connectivity index (χ2v) is 6.73. The number of aliphatic carboxylic acids is 1. The summed E-state index contributed by atoms with van der Waals surface area (Å²) in [4.78, 5) is 24.7. The van der Waals surface area contributed by atoms with Gasteiger partial charge in [0.1, 0.15) is 5.75 Å². The van der Waals surface area contributed by atoms with Gasteiger partial charge in [-0.1, -0.05) is 6.07 Å². The van der Waals surface area contributed by atoms with Gasteiger partial charge in [0.15, 0.2) is 0 Å². The molecule has 1 aliphatic rings. The predicted molar refractivity (Wildman–Crippen MR) is 84.0 cm³/mol. The lowest BCUT2D eigenvalue weighted by Crippen LogP contribution is -2.39. The number of ether oxygens (including phenoxy) is 1. The molecule has 1 aromatic heterocycles. The molecule has 0 amide bonds. The molecule has 114 valence electrons. The highest BCUT2D eigenvalue weighted by molar-refractivity contribution is 7.12. The summed E-state index contributed by atoms with van der Waals surface area (Å²) in [5.74, 6) is -0.417. The summed E-state index contributed by atoms with van der Waals surface area (Å²) < 4.78 is 5.68. The van der Waals surface area contributed by atoms with E-state index in [9.17, 15) is 14.7 Å². The first-order valence-electron chi connectivity index (χ1n) is 6.97. The topological polar surface area (TPSA) is 63.6 Å². The zero-order valence-corrected chi connectivity index (χ0v) is 13.4. The summed E-state index contributed by atoms with van der Waals surface area (Å²) in [6, 6.07) is 5.43. The van der Waals surface area contributed by atoms with Crippen LogP contribution in [0.15, 0.2) is 23.6 Å². The van der Waals surface area contributed by atoms with E-state index in [-0.39, 0.29) is 12.2 Å². The van der Waals surface area contributed by atoms with Crippen LogP contribution in [0.25, 0.3) is 0 Å². The van der Waals surface area contributed by atoms with Gasteiger partial charge in [-0.05, 0) is 55.0 Å². The predicted octanol–water partition coefficient (Wildman–Crippen LogP) is 3.37. The minimum atomic E-state index is -1.26. The van der Waals surface area contributed by atoms with E-state index < -0.39 is 11.6 Å². The van der Waals surface area contributed by atoms with Crippen molar-refractivity contribution in [3.05, 3.63) is 50.7 Å². The Kier molecular flexibility index (Phi) is 3.33. The summed E-state index contributed by atoms with van der Waals surface area (Å²) >= 11 is 1.40. The number of carboxylic acid groups (broad SMARTS) is 1. The van der Waals surface area contributed by atoms with Crippen LogP contribution in [0.2, 0.25) is 0 Å². The fraction of sp³-hybridized carbons (Fsp3) is 0.294. The van der Waals surface area contributed by atoms with Gasteiger partial charge in [-0.2, -0.15) is 0 Å². The Hall–Kier alpha value is -2.14. The molecular weight excluding hydrogens is 300 g/mol. The number of carbonyl (C=O) groups excluding carboxylic acids is 1. The molecule has 0 saturated heterocycles. The Morgan fingerprint density at radius 3 is 2.64 bits per heavy atom. The molecular formula is C17H16O4S. The molecule has 1 atom stereocenters. The fourth-order valence-electron chi connectivity index (χ4n) is 2.75. The summed E-state index contributed by atoms with van der Waals surface area (Å²) in [5, 5.41) is 11.2. The summed E-state index contributed by atoms with van der Waals surface area (Å²) in [7, 11) is 0. The number of carboxylic acids is 1. The van der Waals surface area contributed by atoms with E-state index >= 15 is 0 Å². The van der Waals surface area contributed by atoms with Gasteiger partial charge in [0.2, 0.25) is 11.4 Å². The van der Waals surface area contributed by atoms with Gasteiger partial charge < -0.3 is 9.84 Å². The number of rotatable bonds is 3. The van der Waals surface area contributed by atoms with Crippen molar-refractivity contribution >= 4 is 23.1 Å². The number of hydrogen-bond acceptors (Lipinski definition) is 4. The Morgan fingerprint density at radius 2 is 2.05 bits per heavy atom. The van der Waals surface area contributed by atoms with Gasteiger partial charge in [0.05, 0.1) is 4.88 Å². The number of hydrogen-bond donors (Lipinski definition) is 1. The van der Waals surface area contributed by atoms with Gasteiger partial charge in [-0.3, -0.25) is 4.79 Å². The smallest absolute Gasteiger partial charge is 0.348 e. The van der Waals surface area contributed by atoms with E-state index in [1.54, 1.807) is 19.1 Å². The third-order valence-corrected chi connectivity index (χ3v) is 5.08. The molecule has 0 radical (unpaired) electrons. The molecule has 0 aliphatic carbocycles. The molecule has 22 heavy (non-hydrogen) atoms. The minimum Gasteiger partial charge on any atom is -0.478 e. The van der Waals surface area contributed by atoms with E-state index in [1.165, 1.54) is 11.3 Å². The molecule has 4 nitrogen and oxygen atoms in total. The number of carbonyl (C=O) groups is 2. The zero-order valence-electron chi connectivity index (χ0n) is 12.6. The first kappa shape index (κ1) is 14.8. The Labute approximate surface area is 132 Å². The Balaban J connectivity index is 2.09. The van der Waals surface area contributed by atoms with Crippen molar-refractivity contribution in [1.29, 1.82) is 0 Å². The van der Waals surface area contributed by atoms with E-state index in [4.69, 9.17) is 4.74 Å². The standard InChI is InChI=1S/C17H16O4S/c1-9-10(2)15-11(8-17(3,21-15)16(19)20)7-12(9)14(18)13-5-4-6-22-13/h4-7H,8H2,1-3H3,(H,19,20). The van der Waals surface area contributed by atoms with Crippen LogP contribution < -0.4 is 4.74 Å². The molecule has 0 saturated carbocycles. The average Bonchev–Trinajstić information content (AvgIpc) is 3.10. The van der Waals surface area contributed by atoms with Crippen molar-refractivity contribution in [3.8, 4) is 5.75 Å². The Morgan fingerprint density at radius 1 is 1.32 bits per heavy atom. The van der Waals surface area contributed by atoms with E-state index in [0.717, 1.165) is 16.7 Å². The fourth-order valence-corrected chi connectivity index (χ4v) is 3.43. The highest BCUT2D eigenvalue weighted by Crippen LogP contribution is 2.40. The maximum absolute atomic E-state index is 12.6. The lowest BCUT2D eigenvalue weighted by molar-refractivity contribution is -0.152. The number of benzene rings is 1. The third-order valence-electron chi connectivity index (χ3n) is 4.21. The van der Waals surface area contributed by atoms with Crippen LogP contribution in [0.5, 0.6) is 5.75 Å². The maximum Gasteiger partial charge on any atom is 0.348 e. The molecule has 0 fully saturated rings. The van der Waals surface area contributed by atoms with Gasteiger partial charge in [0.25, 0.3) is 0 Å². The second-order valence-electron chi connectivity index (χ2n) is 5.78. The van der Waals surface area contributed by atoms with E-state index in [0.29, 0.717) is 16.2 Å². The van der Waals surface area contributed by atoms with Gasteiger partial charge >= 0.3 is 5.97 Å². The average molecular weight is 316 g/mol. The SMILES string of the molecule is Cc1c(C(=O)c2cccs2)cc2c(c1C)OC(C)(C(=O)O)C2. The van der Waals surface area contributed by atoms with Crippen LogP contribution in [0.1, 0.15) is 38.8 Å². The lowest BCUT2D eigenvalue weighted by atomic mass is 9.92. The van der Waals surface area contributed by atoms with Crippen molar-refractivity contribution in [2.24, 2.45) is 0 Å². The summed E-state index contributed by atoms with van der Waals surface area (Å²) in [5.41, 5.74) is 1.82. The molecule has 1 N–H and O–H groups in total. The van der Waals surface area contributed by atoms with Gasteiger partial charge in [-0.25, -0.2) is 4.79 Å². The van der Waals surface area contributed by atoms with Crippen LogP contribution >= 0.6 is 11.3 Å². The normalized spacial score (nSPS) is 19.6. The largest absolute Gasteiger partial charge is 0.478 e. The number of fused-ring (bicyclic) bond motifs is 1. The first-order chi connectivity index (χ1) is 10.3. The third kappa shape index (κ3) is 2.13. The number of thiophene rings is 1. The molecule has 1 unspecified atom stereocenters. The molecule has 0 bridgehead atoms. The quantitative estimate of drug-likeness (QED) is 0.882. The molecule has 3 rings (SSSR count). The van der Waals surface area contributed by atoms with Crippen LogP contribution in [-0.2, 0) is 11.2 Å². The van der Waals surface area contributed by atoms with Crippen LogP contribution in [0, 0.1) is 13.8 Å². The highest BCUT2D eigenvalue weighted by Gasteiger charge is 2.43. The van der Waals surface area contributed by atoms with E-state index in [2.05, 4.69) is 0 Å². The van der Waals surface area contributed by atoms with Crippen molar-refractivity contribution in [2.75, 3.05) is 0 Å². The van der Waals surface area contributed by atoms with Gasteiger partial charge in [0, 0.05) is 12.0 Å². The van der Waals surface area contributed by atoms with Crippen LogP contribution in [0.4, 0.5) is 0 Å². The minimum absolute atomic E-state index is 0.0256. The summed E-state index contributed by atoms with van der Waals surface area (Å²) in [6.07, 6.45) is 0.267. The van der Waals surface area contributed by atoms with Gasteiger partial charge in [-0.15, -0.1) is 11.3 Å².